The van der Waals surface area contributed by atoms with Crippen LogP contribution in [0.1, 0.15) is 5.56 Å². The van der Waals surface area contributed by atoms with Gasteiger partial charge in [0.2, 0.25) is 5.89 Å². The van der Waals surface area contributed by atoms with E-state index in [1.165, 1.54) is 30.3 Å². The first-order valence-corrected chi connectivity index (χ1v) is 8.85. The standard InChI is InChI=1S/C16H13FNO5P/c1-3-9-6-11(19)8-13-15(9)22-16(18-13)10-4-5-14(12(17)7-10)23-24(2,20)21/h3-8,19H,1H2,2H3,(H,20,21). The summed E-state index contributed by atoms with van der Waals surface area (Å²) in [6.07, 6.45) is 1.51. The molecule has 1 heterocycles. The minimum Gasteiger partial charge on any atom is -0.508 e. The number of phenolic OH excluding ortho intramolecular Hbond substituents is 1. The maximum atomic E-state index is 14.0. The summed E-state index contributed by atoms with van der Waals surface area (Å²) in [7, 11) is -3.86. The van der Waals surface area contributed by atoms with Gasteiger partial charge in [0.05, 0.1) is 0 Å². The second kappa shape index (κ2) is 5.78. The van der Waals surface area contributed by atoms with Crippen LogP contribution >= 0.6 is 7.60 Å². The van der Waals surface area contributed by atoms with Gasteiger partial charge in [0, 0.05) is 23.9 Å². The van der Waals surface area contributed by atoms with Crippen LogP contribution in [-0.2, 0) is 4.57 Å². The number of aromatic nitrogens is 1. The molecule has 3 rings (SSSR count). The fourth-order valence-electron chi connectivity index (χ4n) is 2.21. The highest BCUT2D eigenvalue weighted by Crippen LogP contribution is 2.40. The van der Waals surface area contributed by atoms with Crippen molar-refractivity contribution in [3.8, 4) is 23.0 Å². The molecule has 2 aromatic carbocycles. The molecule has 124 valence electrons. The molecule has 0 aliphatic rings. The second-order valence-corrected chi connectivity index (χ2v) is 6.93. The smallest absolute Gasteiger partial charge is 0.373 e. The monoisotopic (exact) mass is 349 g/mol. The highest BCUT2D eigenvalue weighted by Gasteiger charge is 2.18. The van der Waals surface area contributed by atoms with E-state index in [-0.39, 0.29) is 17.4 Å². The van der Waals surface area contributed by atoms with Crippen LogP contribution in [0, 0.1) is 5.82 Å². The van der Waals surface area contributed by atoms with E-state index in [1.54, 1.807) is 0 Å². The first-order chi connectivity index (χ1) is 11.3. The Morgan fingerprint density at radius 2 is 2.12 bits per heavy atom. The van der Waals surface area contributed by atoms with E-state index in [1.807, 2.05) is 0 Å². The molecule has 6 nitrogen and oxygen atoms in total. The Bertz CT molecular complexity index is 992. The molecule has 0 radical (unpaired) electrons. The predicted octanol–water partition coefficient (Wildman–Crippen LogP) is 4.18. The Morgan fingerprint density at radius 1 is 1.38 bits per heavy atom. The molecule has 0 spiro atoms. The Hall–Kier alpha value is -2.63. The van der Waals surface area contributed by atoms with Crippen LogP contribution in [0.25, 0.3) is 28.6 Å². The maximum Gasteiger partial charge on any atom is 0.373 e. The van der Waals surface area contributed by atoms with E-state index in [4.69, 9.17) is 9.31 Å². The zero-order chi connectivity index (χ0) is 17.5. The van der Waals surface area contributed by atoms with Gasteiger partial charge in [0.1, 0.15) is 11.3 Å². The van der Waals surface area contributed by atoms with Crippen LogP contribution in [-0.4, -0.2) is 21.6 Å². The fourth-order valence-corrected chi connectivity index (χ4v) is 2.72. The number of aromatic hydroxyl groups is 1. The number of hydrogen-bond acceptors (Lipinski definition) is 5. The first kappa shape index (κ1) is 16.2. The number of rotatable bonds is 4. The topological polar surface area (TPSA) is 92.8 Å². The van der Waals surface area contributed by atoms with Crippen molar-refractivity contribution in [1.29, 1.82) is 0 Å². The second-order valence-electron chi connectivity index (χ2n) is 5.15. The lowest BCUT2D eigenvalue weighted by Crippen LogP contribution is -1.93. The van der Waals surface area contributed by atoms with Crippen LogP contribution in [0.2, 0.25) is 0 Å². The molecule has 0 amide bonds. The van der Waals surface area contributed by atoms with Crippen molar-refractivity contribution < 1.29 is 27.9 Å². The van der Waals surface area contributed by atoms with Crippen molar-refractivity contribution in [2.75, 3.05) is 6.66 Å². The highest BCUT2D eigenvalue weighted by molar-refractivity contribution is 7.52. The summed E-state index contributed by atoms with van der Waals surface area (Å²) >= 11 is 0. The lowest BCUT2D eigenvalue weighted by Gasteiger charge is -2.09. The molecular formula is C16H13FNO5P. The van der Waals surface area contributed by atoms with Crippen molar-refractivity contribution in [1.82, 2.24) is 4.98 Å². The number of halogens is 1. The fraction of sp³-hybridized carbons (Fsp3) is 0.0625. The van der Waals surface area contributed by atoms with Crippen LogP contribution in [0.4, 0.5) is 4.39 Å². The molecule has 0 aliphatic carbocycles. The van der Waals surface area contributed by atoms with Crippen LogP contribution in [0.5, 0.6) is 11.5 Å². The minimum atomic E-state index is -3.86. The zero-order valence-corrected chi connectivity index (χ0v) is 13.5. The lowest BCUT2D eigenvalue weighted by atomic mass is 10.2. The Balaban J connectivity index is 2.06. The molecule has 3 aromatic rings. The summed E-state index contributed by atoms with van der Waals surface area (Å²) in [5, 5.41) is 9.65. The third-order valence-corrected chi connectivity index (χ3v) is 3.71. The van der Waals surface area contributed by atoms with Gasteiger partial charge in [-0.15, -0.1) is 0 Å². The van der Waals surface area contributed by atoms with Gasteiger partial charge in [-0.3, -0.25) is 0 Å². The van der Waals surface area contributed by atoms with E-state index in [0.717, 1.165) is 12.7 Å². The molecule has 24 heavy (non-hydrogen) atoms. The van der Waals surface area contributed by atoms with Crippen LogP contribution < -0.4 is 4.52 Å². The van der Waals surface area contributed by atoms with E-state index in [9.17, 15) is 14.1 Å². The van der Waals surface area contributed by atoms with Gasteiger partial charge in [-0.25, -0.2) is 13.9 Å². The quantitative estimate of drug-likeness (QED) is 0.687. The van der Waals surface area contributed by atoms with Gasteiger partial charge >= 0.3 is 7.60 Å². The number of benzene rings is 2. The SMILES string of the molecule is C=Cc1cc(O)cc2nc(-c3ccc(OP(C)(=O)O)c(F)c3)oc12. The minimum absolute atomic E-state index is 0.00817. The van der Waals surface area contributed by atoms with Gasteiger partial charge in [0.25, 0.3) is 0 Å². The number of nitrogens with zero attached hydrogens (tertiary/aromatic N) is 1. The van der Waals surface area contributed by atoms with Crippen molar-refractivity contribution in [2.24, 2.45) is 0 Å². The molecule has 8 heteroatoms. The van der Waals surface area contributed by atoms with E-state index < -0.39 is 13.4 Å². The number of phenols is 1. The van der Waals surface area contributed by atoms with E-state index in [2.05, 4.69) is 16.1 Å². The summed E-state index contributed by atoms with van der Waals surface area (Å²) in [6.45, 7) is 4.60. The van der Waals surface area contributed by atoms with E-state index >= 15 is 0 Å². The summed E-state index contributed by atoms with van der Waals surface area (Å²) in [4.78, 5) is 13.4. The summed E-state index contributed by atoms with van der Waals surface area (Å²) in [5.41, 5.74) is 1.67. The highest BCUT2D eigenvalue weighted by atomic mass is 31.2. The molecule has 0 saturated carbocycles. The normalized spacial score (nSPS) is 13.6. The Labute approximate surface area is 136 Å². The molecular weight excluding hydrogens is 336 g/mol. The van der Waals surface area contributed by atoms with Crippen LogP contribution in [0.3, 0.4) is 0 Å². The van der Waals surface area contributed by atoms with Crippen molar-refractivity contribution >= 4 is 24.8 Å². The number of oxazole rings is 1. The van der Waals surface area contributed by atoms with E-state index in [0.29, 0.717) is 22.2 Å². The number of hydrogen-bond donors (Lipinski definition) is 2. The molecule has 2 N–H and O–H groups in total. The average Bonchev–Trinajstić information content (AvgIpc) is 2.90. The molecule has 0 aliphatic heterocycles. The molecule has 0 bridgehead atoms. The molecule has 0 saturated heterocycles. The summed E-state index contributed by atoms with van der Waals surface area (Å²) < 4.78 is 35.6. The van der Waals surface area contributed by atoms with Gasteiger partial charge in [0.15, 0.2) is 17.1 Å². The van der Waals surface area contributed by atoms with Crippen LogP contribution in [0.15, 0.2) is 41.3 Å². The lowest BCUT2D eigenvalue weighted by molar-refractivity contribution is 0.377. The van der Waals surface area contributed by atoms with Gasteiger partial charge in [-0.05, 0) is 24.3 Å². The third kappa shape index (κ3) is 3.18. The maximum absolute atomic E-state index is 14.0. The largest absolute Gasteiger partial charge is 0.508 e. The predicted molar refractivity (Wildman–Crippen MR) is 87.5 cm³/mol. The molecule has 0 fully saturated rings. The molecule has 1 atom stereocenters. The zero-order valence-electron chi connectivity index (χ0n) is 12.6. The third-order valence-electron chi connectivity index (χ3n) is 3.17. The first-order valence-electron chi connectivity index (χ1n) is 6.82. The molecule has 1 aromatic heterocycles. The Kier molecular flexibility index (Phi) is 3.91. The van der Waals surface area contributed by atoms with Gasteiger partial charge < -0.3 is 18.9 Å². The van der Waals surface area contributed by atoms with Crippen molar-refractivity contribution in [3.63, 3.8) is 0 Å². The van der Waals surface area contributed by atoms with Gasteiger partial charge in [-0.1, -0.05) is 12.7 Å². The summed E-state index contributed by atoms with van der Waals surface area (Å²) in [6, 6.07) is 6.65. The van der Waals surface area contributed by atoms with Gasteiger partial charge in [-0.2, -0.15) is 0 Å². The Morgan fingerprint density at radius 3 is 2.75 bits per heavy atom. The average molecular weight is 349 g/mol. The molecule has 1 unspecified atom stereocenters. The van der Waals surface area contributed by atoms with Crippen molar-refractivity contribution in [3.05, 3.63) is 48.3 Å². The summed E-state index contributed by atoms with van der Waals surface area (Å²) in [5.74, 6) is -1.02. The van der Waals surface area contributed by atoms with Crippen molar-refractivity contribution in [2.45, 2.75) is 0 Å². The number of fused-ring (bicyclic) bond motifs is 1.